The molecule has 0 fully saturated rings. The average Bonchev–Trinajstić information content (AvgIpc) is 1.63. The summed E-state index contributed by atoms with van der Waals surface area (Å²) in [4.78, 5) is 0. The molecule has 0 atom stereocenters. The summed E-state index contributed by atoms with van der Waals surface area (Å²) < 4.78 is 0. The van der Waals surface area contributed by atoms with Crippen molar-refractivity contribution in [3.05, 3.63) is 11.6 Å². The molecule has 0 aliphatic rings. The van der Waals surface area contributed by atoms with Crippen LogP contribution in [0.5, 0.6) is 0 Å². The molecule has 0 heterocycles. The van der Waals surface area contributed by atoms with E-state index in [9.17, 15) is 0 Å². The SMILES string of the molecule is CC(C)=CCCB(O)O. The zero-order chi connectivity index (χ0) is 7.28. The third kappa shape index (κ3) is 7.72. The van der Waals surface area contributed by atoms with E-state index in [4.69, 9.17) is 10.0 Å². The van der Waals surface area contributed by atoms with Crippen molar-refractivity contribution in [3.63, 3.8) is 0 Å². The Labute approximate surface area is 56.4 Å². The van der Waals surface area contributed by atoms with Crippen molar-refractivity contribution in [1.29, 1.82) is 0 Å². The second-order valence-electron chi connectivity index (χ2n) is 2.34. The molecular weight excluding hydrogens is 115 g/mol. The van der Waals surface area contributed by atoms with Gasteiger partial charge in [0.1, 0.15) is 0 Å². The van der Waals surface area contributed by atoms with Crippen molar-refractivity contribution in [2.75, 3.05) is 0 Å². The van der Waals surface area contributed by atoms with E-state index in [1.165, 1.54) is 5.57 Å². The van der Waals surface area contributed by atoms with Crippen LogP contribution < -0.4 is 0 Å². The molecule has 0 aliphatic carbocycles. The molecule has 0 aromatic carbocycles. The maximum absolute atomic E-state index is 8.39. The van der Waals surface area contributed by atoms with Gasteiger partial charge in [-0.15, -0.1) is 0 Å². The average molecular weight is 128 g/mol. The summed E-state index contributed by atoms with van der Waals surface area (Å²) in [6.45, 7) is 3.98. The minimum absolute atomic E-state index is 0.436. The highest BCUT2D eigenvalue weighted by atomic mass is 16.4. The first-order chi connectivity index (χ1) is 4.13. The molecule has 3 heteroatoms. The fourth-order valence-corrected chi connectivity index (χ4v) is 0.521. The summed E-state index contributed by atoms with van der Waals surface area (Å²) in [5, 5.41) is 16.8. The quantitative estimate of drug-likeness (QED) is 0.436. The molecule has 0 amide bonds. The molecular formula is C6H13BO2. The van der Waals surface area contributed by atoms with Gasteiger partial charge in [-0.05, 0) is 26.6 Å². The Morgan fingerprint density at radius 3 is 2.33 bits per heavy atom. The van der Waals surface area contributed by atoms with Crippen LogP contribution >= 0.6 is 0 Å². The van der Waals surface area contributed by atoms with Gasteiger partial charge in [-0.25, -0.2) is 0 Å². The van der Waals surface area contributed by atoms with E-state index in [0.29, 0.717) is 6.32 Å². The van der Waals surface area contributed by atoms with Crippen molar-refractivity contribution in [3.8, 4) is 0 Å². The lowest BCUT2D eigenvalue weighted by atomic mass is 9.84. The maximum atomic E-state index is 8.39. The van der Waals surface area contributed by atoms with Crippen LogP contribution in [-0.2, 0) is 0 Å². The summed E-state index contributed by atoms with van der Waals surface area (Å²) in [5.41, 5.74) is 1.22. The van der Waals surface area contributed by atoms with E-state index in [1.807, 2.05) is 19.9 Å². The molecule has 52 valence electrons. The predicted octanol–water partition coefficient (Wildman–Crippen LogP) is 0.815. The standard InChI is InChI=1S/C6H13BO2/c1-6(2)4-3-5-7(8)9/h4,8-9H,3,5H2,1-2H3. The zero-order valence-electron chi connectivity index (χ0n) is 5.96. The first-order valence-electron chi connectivity index (χ1n) is 3.12. The van der Waals surface area contributed by atoms with Crippen molar-refractivity contribution in [2.45, 2.75) is 26.6 Å². The van der Waals surface area contributed by atoms with Gasteiger partial charge in [0.05, 0.1) is 0 Å². The van der Waals surface area contributed by atoms with Crippen LogP contribution in [-0.4, -0.2) is 17.2 Å². The first-order valence-corrected chi connectivity index (χ1v) is 3.12. The van der Waals surface area contributed by atoms with Gasteiger partial charge in [-0.2, -0.15) is 0 Å². The Balaban J connectivity index is 3.20. The molecule has 2 N–H and O–H groups in total. The first kappa shape index (κ1) is 8.72. The van der Waals surface area contributed by atoms with Crippen LogP contribution in [0.3, 0.4) is 0 Å². The highest BCUT2D eigenvalue weighted by molar-refractivity contribution is 6.40. The smallest absolute Gasteiger partial charge is 0.427 e. The van der Waals surface area contributed by atoms with Gasteiger partial charge < -0.3 is 10.0 Å². The largest absolute Gasteiger partial charge is 0.451 e. The molecule has 2 nitrogen and oxygen atoms in total. The molecule has 0 radical (unpaired) electrons. The van der Waals surface area contributed by atoms with Crippen LogP contribution in [0.25, 0.3) is 0 Å². The van der Waals surface area contributed by atoms with Crippen LogP contribution in [0.15, 0.2) is 11.6 Å². The van der Waals surface area contributed by atoms with E-state index in [-0.39, 0.29) is 0 Å². The normalized spacial score (nSPS) is 8.89. The summed E-state index contributed by atoms with van der Waals surface area (Å²) >= 11 is 0. The lowest BCUT2D eigenvalue weighted by molar-refractivity contribution is 0.405. The zero-order valence-corrected chi connectivity index (χ0v) is 5.96. The number of rotatable bonds is 3. The molecule has 0 spiro atoms. The van der Waals surface area contributed by atoms with Gasteiger partial charge in [0.15, 0.2) is 0 Å². The summed E-state index contributed by atoms with van der Waals surface area (Å²) in [6, 6.07) is 0. The summed E-state index contributed by atoms with van der Waals surface area (Å²) in [7, 11) is -1.15. The summed E-state index contributed by atoms with van der Waals surface area (Å²) in [6.07, 6.45) is 3.17. The van der Waals surface area contributed by atoms with Gasteiger partial charge in [-0.1, -0.05) is 11.6 Å². The number of hydrogen-bond acceptors (Lipinski definition) is 2. The van der Waals surface area contributed by atoms with Gasteiger partial charge in [0.2, 0.25) is 0 Å². The van der Waals surface area contributed by atoms with Crippen LogP contribution in [0.2, 0.25) is 6.32 Å². The fraction of sp³-hybridized carbons (Fsp3) is 0.667. The van der Waals surface area contributed by atoms with E-state index in [2.05, 4.69) is 0 Å². The molecule has 0 aromatic rings. The molecule has 0 aromatic heterocycles. The summed E-state index contributed by atoms with van der Waals surface area (Å²) in [5.74, 6) is 0. The minimum atomic E-state index is -1.15. The fourth-order valence-electron chi connectivity index (χ4n) is 0.521. The molecule has 0 saturated heterocycles. The molecule has 0 aliphatic heterocycles. The highest BCUT2D eigenvalue weighted by Gasteiger charge is 2.02. The molecule has 9 heavy (non-hydrogen) atoms. The van der Waals surface area contributed by atoms with E-state index in [1.54, 1.807) is 0 Å². The van der Waals surface area contributed by atoms with Crippen molar-refractivity contribution in [2.24, 2.45) is 0 Å². The molecule has 0 saturated carbocycles. The highest BCUT2D eigenvalue weighted by Crippen LogP contribution is 1.97. The Kier molecular flexibility index (Phi) is 4.45. The van der Waals surface area contributed by atoms with E-state index < -0.39 is 7.12 Å². The van der Waals surface area contributed by atoms with Gasteiger partial charge in [0, 0.05) is 0 Å². The second kappa shape index (κ2) is 4.59. The van der Waals surface area contributed by atoms with Crippen molar-refractivity contribution < 1.29 is 10.0 Å². The Morgan fingerprint density at radius 2 is 2.00 bits per heavy atom. The molecule has 0 rings (SSSR count). The Morgan fingerprint density at radius 1 is 1.44 bits per heavy atom. The third-order valence-electron chi connectivity index (χ3n) is 0.977. The second-order valence-corrected chi connectivity index (χ2v) is 2.34. The minimum Gasteiger partial charge on any atom is -0.427 e. The van der Waals surface area contributed by atoms with Crippen LogP contribution in [0.4, 0.5) is 0 Å². The lowest BCUT2D eigenvalue weighted by Crippen LogP contribution is -2.08. The lowest BCUT2D eigenvalue weighted by Gasteiger charge is -1.92. The van der Waals surface area contributed by atoms with Crippen LogP contribution in [0.1, 0.15) is 20.3 Å². The third-order valence-corrected chi connectivity index (χ3v) is 0.977. The van der Waals surface area contributed by atoms with Crippen molar-refractivity contribution >= 4 is 7.12 Å². The van der Waals surface area contributed by atoms with Gasteiger partial charge in [0.25, 0.3) is 0 Å². The molecule has 0 unspecified atom stereocenters. The monoisotopic (exact) mass is 128 g/mol. The van der Waals surface area contributed by atoms with E-state index >= 15 is 0 Å². The van der Waals surface area contributed by atoms with Crippen LogP contribution in [0, 0.1) is 0 Å². The Hall–Kier alpha value is -0.275. The van der Waals surface area contributed by atoms with Crippen molar-refractivity contribution in [1.82, 2.24) is 0 Å². The van der Waals surface area contributed by atoms with Gasteiger partial charge >= 0.3 is 7.12 Å². The Bertz CT molecular complexity index is 95.2. The number of allylic oxidation sites excluding steroid dienone is 2. The number of hydrogen-bond donors (Lipinski definition) is 2. The topological polar surface area (TPSA) is 40.5 Å². The van der Waals surface area contributed by atoms with E-state index in [0.717, 1.165) is 6.42 Å². The van der Waals surface area contributed by atoms with Gasteiger partial charge in [-0.3, -0.25) is 0 Å². The predicted molar refractivity (Wildman–Crippen MR) is 39.0 cm³/mol. The maximum Gasteiger partial charge on any atom is 0.451 e. The molecule has 0 bridgehead atoms.